The summed E-state index contributed by atoms with van der Waals surface area (Å²) in [6, 6.07) is 3.31. The first-order valence-corrected chi connectivity index (χ1v) is 8.22. The zero-order chi connectivity index (χ0) is 15.3. The molecule has 5 nitrogen and oxygen atoms in total. The summed E-state index contributed by atoms with van der Waals surface area (Å²) in [4.78, 5) is 24.7. The third kappa shape index (κ3) is 3.83. The van der Waals surface area contributed by atoms with Gasteiger partial charge in [0.1, 0.15) is 0 Å². The van der Waals surface area contributed by atoms with E-state index in [-0.39, 0.29) is 17.7 Å². The molecule has 1 aliphatic heterocycles. The Hall–Kier alpha value is -1.40. The van der Waals surface area contributed by atoms with Crippen molar-refractivity contribution in [3.05, 3.63) is 22.4 Å². The molecular formula is C15H22N2O3S. The fourth-order valence-electron chi connectivity index (χ4n) is 2.84. The molecule has 1 amide bonds. The van der Waals surface area contributed by atoms with E-state index in [9.17, 15) is 9.59 Å². The zero-order valence-corrected chi connectivity index (χ0v) is 13.0. The molecule has 1 aromatic heterocycles. The molecule has 1 aromatic rings. The van der Waals surface area contributed by atoms with E-state index in [1.807, 2.05) is 24.4 Å². The highest BCUT2D eigenvalue weighted by Crippen LogP contribution is 2.34. The van der Waals surface area contributed by atoms with Gasteiger partial charge in [-0.1, -0.05) is 13.0 Å². The monoisotopic (exact) mass is 310 g/mol. The van der Waals surface area contributed by atoms with Gasteiger partial charge in [0.15, 0.2) is 0 Å². The fourth-order valence-corrected chi connectivity index (χ4v) is 3.62. The Morgan fingerprint density at radius 2 is 2.19 bits per heavy atom. The summed E-state index contributed by atoms with van der Waals surface area (Å²) in [5.74, 6) is -0.907. The molecule has 0 aliphatic carbocycles. The van der Waals surface area contributed by atoms with Crippen LogP contribution in [-0.4, -0.2) is 30.1 Å². The van der Waals surface area contributed by atoms with Crippen molar-refractivity contribution in [2.45, 2.75) is 38.6 Å². The van der Waals surface area contributed by atoms with Gasteiger partial charge in [-0.25, -0.2) is 0 Å². The molecule has 21 heavy (non-hydrogen) atoms. The first-order chi connectivity index (χ1) is 10.1. The molecular weight excluding hydrogens is 288 g/mol. The van der Waals surface area contributed by atoms with Crippen LogP contribution in [0.5, 0.6) is 0 Å². The zero-order valence-electron chi connectivity index (χ0n) is 12.2. The van der Waals surface area contributed by atoms with Gasteiger partial charge in [0.25, 0.3) is 0 Å². The Balaban J connectivity index is 2.11. The second-order valence-electron chi connectivity index (χ2n) is 5.52. The number of carbonyl (C=O) groups is 2. The minimum absolute atomic E-state index is 0.00819. The molecule has 0 aromatic carbocycles. The van der Waals surface area contributed by atoms with Crippen LogP contribution >= 0.6 is 11.3 Å². The average Bonchev–Trinajstić information content (AvgIpc) is 3.01. The summed E-state index contributed by atoms with van der Waals surface area (Å²) in [5, 5.41) is 17.2. The van der Waals surface area contributed by atoms with Gasteiger partial charge >= 0.3 is 5.97 Å². The SMILES string of the molecule is CCC1(C(=O)NC(CC(=O)O)c2cccs2)CCNCC1. The smallest absolute Gasteiger partial charge is 0.305 e. The van der Waals surface area contributed by atoms with Gasteiger partial charge in [-0.15, -0.1) is 11.3 Å². The van der Waals surface area contributed by atoms with Crippen LogP contribution in [0.2, 0.25) is 0 Å². The molecule has 2 heterocycles. The van der Waals surface area contributed by atoms with E-state index < -0.39 is 12.0 Å². The predicted molar refractivity (Wildman–Crippen MR) is 82.3 cm³/mol. The molecule has 3 N–H and O–H groups in total. The summed E-state index contributed by atoms with van der Waals surface area (Å²) in [6.07, 6.45) is 2.31. The highest BCUT2D eigenvalue weighted by atomic mass is 32.1. The molecule has 1 fully saturated rings. The fraction of sp³-hybridized carbons (Fsp3) is 0.600. The second-order valence-corrected chi connectivity index (χ2v) is 6.50. The molecule has 0 bridgehead atoms. The summed E-state index contributed by atoms with van der Waals surface area (Å²) in [7, 11) is 0. The number of carboxylic acid groups (broad SMARTS) is 1. The first kappa shape index (κ1) is 16.0. The minimum atomic E-state index is -0.899. The molecule has 1 saturated heterocycles. The van der Waals surface area contributed by atoms with Gasteiger partial charge in [-0.05, 0) is 43.8 Å². The van der Waals surface area contributed by atoms with Crippen molar-refractivity contribution in [2.75, 3.05) is 13.1 Å². The predicted octanol–water partition coefficient (Wildman–Crippen LogP) is 2.16. The Morgan fingerprint density at radius 3 is 2.71 bits per heavy atom. The maximum absolute atomic E-state index is 12.7. The van der Waals surface area contributed by atoms with Crippen molar-refractivity contribution in [2.24, 2.45) is 5.41 Å². The van der Waals surface area contributed by atoms with Gasteiger partial charge in [0, 0.05) is 4.88 Å². The second kappa shape index (κ2) is 7.04. The number of hydrogen-bond donors (Lipinski definition) is 3. The molecule has 0 saturated carbocycles. The molecule has 0 radical (unpaired) electrons. The van der Waals surface area contributed by atoms with E-state index in [0.717, 1.165) is 37.2 Å². The lowest BCUT2D eigenvalue weighted by Gasteiger charge is -2.36. The van der Waals surface area contributed by atoms with E-state index in [1.54, 1.807) is 0 Å². The number of thiophene rings is 1. The number of amides is 1. The van der Waals surface area contributed by atoms with Crippen LogP contribution in [0.3, 0.4) is 0 Å². The van der Waals surface area contributed by atoms with E-state index in [1.165, 1.54) is 11.3 Å². The Morgan fingerprint density at radius 1 is 1.48 bits per heavy atom. The maximum Gasteiger partial charge on any atom is 0.305 e. The number of rotatable bonds is 6. The van der Waals surface area contributed by atoms with Crippen LogP contribution in [0.15, 0.2) is 17.5 Å². The first-order valence-electron chi connectivity index (χ1n) is 7.34. The van der Waals surface area contributed by atoms with Crippen molar-refractivity contribution < 1.29 is 14.7 Å². The lowest BCUT2D eigenvalue weighted by atomic mass is 9.75. The van der Waals surface area contributed by atoms with Crippen LogP contribution < -0.4 is 10.6 Å². The van der Waals surface area contributed by atoms with Crippen molar-refractivity contribution in [3.63, 3.8) is 0 Å². The quantitative estimate of drug-likeness (QED) is 0.752. The largest absolute Gasteiger partial charge is 0.481 e. The molecule has 1 aliphatic rings. The van der Waals surface area contributed by atoms with Crippen molar-refractivity contribution in [3.8, 4) is 0 Å². The number of carboxylic acids is 1. The van der Waals surface area contributed by atoms with Gasteiger partial charge < -0.3 is 15.7 Å². The van der Waals surface area contributed by atoms with Crippen LogP contribution in [0, 0.1) is 5.41 Å². The van der Waals surface area contributed by atoms with E-state index in [2.05, 4.69) is 10.6 Å². The third-order valence-corrected chi connectivity index (χ3v) is 5.28. The van der Waals surface area contributed by atoms with E-state index in [0.29, 0.717) is 0 Å². The van der Waals surface area contributed by atoms with Crippen molar-refractivity contribution >= 4 is 23.2 Å². The summed E-state index contributed by atoms with van der Waals surface area (Å²) >= 11 is 1.48. The number of carbonyl (C=O) groups excluding carboxylic acids is 1. The lowest BCUT2D eigenvalue weighted by Crippen LogP contribution is -2.48. The van der Waals surface area contributed by atoms with E-state index >= 15 is 0 Å². The molecule has 1 atom stereocenters. The normalized spacial score (nSPS) is 18.9. The van der Waals surface area contributed by atoms with Crippen LogP contribution in [0.25, 0.3) is 0 Å². The third-order valence-electron chi connectivity index (χ3n) is 4.29. The lowest BCUT2D eigenvalue weighted by molar-refractivity contribution is -0.138. The van der Waals surface area contributed by atoms with Crippen molar-refractivity contribution in [1.29, 1.82) is 0 Å². The van der Waals surface area contributed by atoms with Crippen LogP contribution in [0.4, 0.5) is 0 Å². The summed E-state index contributed by atoms with van der Waals surface area (Å²) < 4.78 is 0. The Kier molecular flexibility index (Phi) is 5.36. The number of nitrogens with one attached hydrogen (secondary N) is 2. The standard InChI is InChI=1S/C15H22N2O3S/c1-2-15(5-7-16-8-6-15)14(20)17-11(10-13(18)19)12-4-3-9-21-12/h3-4,9,11,16H,2,5-8,10H2,1H3,(H,17,20)(H,18,19). The number of aliphatic carboxylic acids is 1. The highest BCUT2D eigenvalue weighted by molar-refractivity contribution is 7.10. The van der Waals surface area contributed by atoms with Crippen LogP contribution in [-0.2, 0) is 9.59 Å². The minimum Gasteiger partial charge on any atom is -0.481 e. The van der Waals surface area contributed by atoms with Gasteiger partial charge in [0.05, 0.1) is 17.9 Å². The Labute approximate surface area is 128 Å². The highest BCUT2D eigenvalue weighted by Gasteiger charge is 2.38. The Bertz CT molecular complexity index is 481. The molecule has 116 valence electrons. The van der Waals surface area contributed by atoms with Gasteiger partial charge in [-0.3, -0.25) is 9.59 Å². The van der Waals surface area contributed by atoms with Crippen LogP contribution in [0.1, 0.15) is 43.5 Å². The summed E-state index contributed by atoms with van der Waals surface area (Å²) in [5.41, 5.74) is -0.362. The molecule has 1 unspecified atom stereocenters. The number of piperidine rings is 1. The summed E-state index contributed by atoms with van der Waals surface area (Å²) in [6.45, 7) is 3.70. The maximum atomic E-state index is 12.7. The number of hydrogen-bond acceptors (Lipinski definition) is 4. The molecule has 0 spiro atoms. The van der Waals surface area contributed by atoms with Gasteiger partial charge in [-0.2, -0.15) is 0 Å². The van der Waals surface area contributed by atoms with E-state index in [4.69, 9.17) is 5.11 Å². The molecule has 2 rings (SSSR count). The van der Waals surface area contributed by atoms with Crippen molar-refractivity contribution in [1.82, 2.24) is 10.6 Å². The average molecular weight is 310 g/mol. The topological polar surface area (TPSA) is 78.4 Å². The van der Waals surface area contributed by atoms with Gasteiger partial charge in [0.2, 0.25) is 5.91 Å². The molecule has 6 heteroatoms.